The molecule has 2 N–H and O–H groups in total. The summed E-state index contributed by atoms with van der Waals surface area (Å²) in [7, 11) is 0. The van der Waals surface area contributed by atoms with Crippen molar-refractivity contribution in [2.45, 2.75) is 0 Å². The lowest BCUT2D eigenvalue weighted by Gasteiger charge is -2.08. The first-order chi connectivity index (χ1) is 12.1. The highest BCUT2D eigenvalue weighted by molar-refractivity contribution is 9.10. The fourth-order valence-electron chi connectivity index (χ4n) is 2.20. The molecule has 2 aromatic carbocycles. The van der Waals surface area contributed by atoms with Crippen molar-refractivity contribution in [1.82, 2.24) is 4.98 Å². The Kier molecular flexibility index (Phi) is 5.07. The number of halogens is 1. The zero-order valence-corrected chi connectivity index (χ0v) is 14.6. The third-order valence-electron chi connectivity index (χ3n) is 3.36. The number of aromatic nitrogens is 1. The average Bonchev–Trinajstić information content (AvgIpc) is 2.62. The summed E-state index contributed by atoms with van der Waals surface area (Å²) in [4.78, 5) is 16.4. The number of pyridine rings is 1. The number of rotatable bonds is 4. The molecule has 0 aliphatic heterocycles. The van der Waals surface area contributed by atoms with Crippen LogP contribution in [0.5, 0.6) is 0 Å². The van der Waals surface area contributed by atoms with E-state index in [9.17, 15) is 4.79 Å². The van der Waals surface area contributed by atoms with Crippen LogP contribution in [0.3, 0.4) is 0 Å². The lowest BCUT2D eigenvalue weighted by atomic mass is 10.2. The smallest absolute Gasteiger partial charge is 0.274 e. The van der Waals surface area contributed by atoms with Crippen LogP contribution in [0.15, 0.2) is 71.3 Å². The third kappa shape index (κ3) is 4.43. The molecule has 0 unspecified atom stereocenters. The van der Waals surface area contributed by atoms with E-state index in [2.05, 4.69) is 37.6 Å². The van der Waals surface area contributed by atoms with E-state index in [1.54, 1.807) is 42.6 Å². The van der Waals surface area contributed by atoms with Gasteiger partial charge in [-0.05, 0) is 48.5 Å². The molecule has 0 atom stereocenters. The number of nitrogens with one attached hydrogen (secondary N) is 2. The first-order valence-corrected chi connectivity index (χ1v) is 8.23. The number of hydrogen-bond acceptors (Lipinski definition) is 4. The van der Waals surface area contributed by atoms with Crippen molar-refractivity contribution in [2.75, 3.05) is 10.6 Å². The molecule has 3 aromatic rings. The number of nitriles is 1. The summed E-state index contributed by atoms with van der Waals surface area (Å²) in [5, 5.41) is 14.9. The van der Waals surface area contributed by atoms with Gasteiger partial charge in [-0.25, -0.2) is 4.98 Å². The molecule has 5 nitrogen and oxygen atoms in total. The van der Waals surface area contributed by atoms with Gasteiger partial charge in [0.25, 0.3) is 5.91 Å². The van der Waals surface area contributed by atoms with Gasteiger partial charge in [-0.3, -0.25) is 4.79 Å². The fourth-order valence-corrected chi connectivity index (χ4v) is 2.60. The molecule has 1 amide bonds. The monoisotopic (exact) mass is 392 g/mol. The van der Waals surface area contributed by atoms with E-state index < -0.39 is 0 Å². The average molecular weight is 393 g/mol. The largest absolute Gasteiger partial charge is 0.354 e. The molecule has 6 heteroatoms. The van der Waals surface area contributed by atoms with Crippen molar-refractivity contribution >= 4 is 38.9 Å². The maximum atomic E-state index is 12.2. The third-order valence-corrected chi connectivity index (χ3v) is 3.85. The summed E-state index contributed by atoms with van der Waals surface area (Å²) < 4.78 is 0.886. The molecule has 0 spiro atoms. The van der Waals surface area contributed by atoms with Crippen LogP contribution in [-0.2, 0) is 0 Å². The topological polar surface area (TPSA) is 77.8 Å². The summed E-state index contributed by atoms with van der Waals surface area (Å²) in [5.41, 5.74) is 3.09. The first-order valence-electron chi connectivity index (χ1n) is 7.44. The molecule has 25 heavy (non-hydrogen) atoms. The Labute approximate surface area is 153 Å². The molecule has 0 aliphatic rings. The van der Waals surface area contributed by atoms with Crippen molar-refractivity contribution in [3.8, 4) is 6.07 Å². The Morgan fingerprint density at radius 3 is 2.52 bits per heavy atom. The van der Waals surface area contributed by atoms with Gasteiger partial charge < -0.3 is 10.6 Å². The van der Waals surface area contributed by atoms with Crippen LogP contribution >= 0.6 is 15.9 Å². The Morgan fingerprint density at radius 1 is 1.00 bits per heavy atom. The maximum Gasteiger partial charge on any atom is 0.274 e. The van der Waals surface area contributed by atoms with E-state index in [1.165, 1.54) is 0 Å². The van der Waals surface area contributed by atoms with E-state index in [1.807, 2.05) is 24.3 Å². The molecule has 0 aliphatic carbocycles. The summed E-state index contributed by atoms with van der Waals surface area (Å²) in [6.45, 7) is 0. The minimum absolute atomic E-state index is 0.281. The van der Waals surface area contributed by atoms with Crippen LogP contribution in [0.1, 0.15) is 16.1 Å². The van der Waals surface area contributed by atoms with Crippen LogP contribution < -0.4 is 10.6 Å². The van der Waals surface area contributed by atoms with Crippen LogP contribution in [-0.4, -0.2) is 10.9 Å². The van der Waals surface area contributed by atoms with Crippen LogP contribution in [0, 0.1) is 11.3 Å². The lowest BCUT2D eigenvalue weighted by Crippen LogP contribution is -2.13. The van der Waals surface area contributed by atoms with Crippen molar-refractivity contribution < 1.29 is 4.79 Å². The number of anilines is 3. The van der Waals surface area contributed by atoms with Gasteiger partial charge in [0.05, 0.1) is 23.5 Å². The zero-order chi connectivity index (χ0) is 17.6. The molecule has 122 valence electrons. The van der Waals surface area contributed by atoms with Gasteiger partial charge in [0.15, 0.2) is 0 Å². The normalized spacial score (nSPS) is 9.92. The van der Waals surface area contributed by atoms with E-state index in [0.29, 0.717) is 16.9 Å². The molecular weight excluding hydrogens is 380 g/mol. The summed E-state index contributed by atoms with van der Waals surface area (Å²) >= 11 is 3.36. The molecule has 0 saturated heterocycles. The van der Waals surface area contributed by atoms with Gasteiger partial charge in [0.2, 0.25) is 0 Å². The second-order valence-corrected chi connectivity index (χ2v) is 6.13. The molecule has 0 saturated carbocycles. The summed E-state index contributed by atoms with van der Waals surface area (Å²) in [6, 6.07) is 20.0. The van der Waals surface area contributed by atoms with Gasteiger partial charge in [-0.2, -0.15) is 5.26 Å². The minimum Gasteiger partial charge on any atom is -0.354 e. The highest BCUT2D eigenvalue weighted by Crippen LogP contribution is 2.18. The standard InChI is InChI=1S/C19H13BrN4O/c20-14-4-2-6-16(10-14)24-19(25)18-8-7-17(12-22-18)23-15-5-1-3-13(9-15)11-21/h1-10,12,23H,(H,24,25). The Bertz CT molecular complexity index is 948. The van der Waals surface area contributed by atoms with E-state index in [4.69, 9.17) is 5.26 Å². The minimum atomic E-state index is -0.281. The van der Waals surface area contributed by atoms with Crippen molar-refractivity contribution in [1.29, 1.82) is 5.26 Å². The predicted octanol–water partition coefficient (Wildman–Crippen LogP) is 4.71. The summed E-state index contributed by atoms with van der Waals surface area (Å²) in [5.74, 6) is -0.281. The molecule has 0 bridgehead atoms. The molecule has 0 radical (unpaired) electrons. The highest BCUT2D eigenvalue weighted by atomic mass is 79.9. The number of nitrogens with zero attached hydrogens (tertiary/aromatic N) is 2. The van der Waals surface area contributed by atoms with Crippen LogP contribution in [0.4, 0.5) is 17.1 Å². The van der Waals surface area contributed by atoms with Gasteiger partial charge in [-0.15, -0.1) is 0 Å². The fraction of sp³-hybridized carbons (Fsp3) is 0. The van der Waals surface area contributed by atoms with Crippen molar-refractivity contribution in [3.63, 3.8) is 0 Å². The number of hydrogen-bond donors (Lipinski definition) is 2. The van der Waals surface area contributed by atoms with Gasteiger partial charge in [-0.1, -0.05) is 28.1 Å². The van der Waals surface area contributed by atoms with E-state index >= 15 is 0 Å². The van der Waals surface area contributed by atoms with E-state index in [0.717, 1.165) is 15.8 Å². The lowest BCUT2D eigenvalue weighted by molar-refractivity contribution is 0.102. The Balaban J connectivity index is 1.69. The second kappa shape index (κ2) is 7.60. The first kappa shape index (κ1) is 16.7. The molecule has 0 fully saturated rings. The Hall–Kier alpha value is -3.17. The van der Waals surface area contributed by atoms with Crippen LogP contribution in [0.2, 0.25) is 0 Å². The molecular formula is C19H13BrN4O. The quantitative estimate of drug-likeness (QED) is 0.673. The number of benzene rings is 2. The number of amides is 1. The van der Waals surface area contributed by atoms with Crippen molar-refractivity contribution in [2.24, 2.45) is 0 Å². The zero-order valence-electron chi connectivity index (χ0n) is 13.0. The van der Waals surface area contributed by atoms with Gasteiger partial charge >= 0.3 is 0 Å². The molecule has 3 rings (SSSR count). The van der Waals surface area contributed by atoms with Crippen molar-refractivity contribution in [3.05, 3.63) is 82.6 Å². The Morgan fingerprint density at radius 2 is 1.80 bits per heavy atom. The number of carbonyl (C=O) groups is 1. The summed E-state index contributed by atoms with van der Waals surface area (Å²) in [6.07, 6.45) is 1.58. The molecule has 1 aromatic heterocycles. The predicted molar refractivity (Wildman–Crippen MR) is 101 cm³/mol. The SMILES string of the molecule is N#Cc1cccc(Nc2ccc(C(=O)Nc3cccc(Br)c3)nc2)c1. The number of carbonyl (C=O) groups excluding carboxylic acids is 1. The molecule has 1 heterocycles. The van der Waals surface area contributed by atoms with Crippen LogP contribution in [0.25, 0.3) is 0 Å². The second-order valence-electron chi connectivity index (χ2n) is 5.21. The van der Waals surface area contributed by atoms with Gasteiger partial charge in [0, 0.05) is 15.8 Å². The van der Waals surface area contributed by atoms with E-state index in [-0.39, 0.29) is 5.91 Å². The highest BCUT2D eigenvalue weighted by Gasteiger charge is 2.08. The van der Waals surface area contributed by atoms with Gasteiger partial charge in [0.1, 0.15) is 5.69 Å². The maximum absolute atomic E-state index is 12.2.